The number of nitrogens with zero attached hydrogens (tertiary/aromatic N) is 3. The molecule has 4 heteroatoms. The first-order valence-electron chi connectivity index (χ1n) is 15.5. The molecule has 0 bridgehead atoms. The average molecular weight is 746 g/mol. The number of benzene rings is 3. The van der Waals surface area contributed by atoms with Crippen LogP contribution in [0.5, 0.6) is 0 Å². The van der Waals surface area contributed by atoms with Gasteiger partial charge in [-0.15, -0.1) is 47.0 Å². The van der Waals surface area contributed by atoms with Crippen LogP contribution in [-0.4, -0.2) is 9.55 Å². The molecule has 222 valence electrons. The van der Waals surface area contributed by atoms with Gasteiger partial charge in [0, 0.05) is 6.20 Å². The van der Waals surface area contributed by atoms with Crippen LogP contribution in [0.3, 0.4) is 0 Å². The van der Waals surface area contributed by atoms with Crippen molar-refractivity contribution >= 4 is 11.0 Å². The Morgan fingerprint density at radius 3 is 2.33 bits per heavy atom. The van der Waals surface area contributed by atoms with Gasteiger partial charge in [-0.2, -0.15) is 17.7 Å². The Bertz CT molecular complexity index is 1690. The molecule has 43 heavy (non-hydrogen) atoms. The summed E-state index contributed by atoms with van der Waals surface area (Å²) in [6, 6.07) is 30.1. The zero-order valence-electron chi connectivity index (χ0n) is 26.6. The normalized spacial score (nSPS) is 16.7. The van der Waals surface area contributed by atoms with Gasteiger partial charge in [0.25, 0.3) is 0 Å². The van der Waals surface area contributed by atoms with Gasteiger partial charge in [0.2, 0.25) is 6.33 Å². The first kappa shape index (κ1) is 31.4. The molecular weight excluding hydrogens is 703 g/mol. The van der Waals surface area contributed by atoms with Gasteiger partial charge in [0.1, 0.15) is 0 Å². The minimum Gasteiger partial charge on any atom is -0.341 e. The summed E-state index contributed by atoms with van der Waals surface area (Å²) in [5, 5.41) is 0. The number of pyridine rings is 1. The Balaban J connectivity index is 0.000000238. The number of aryl methyl sites for hydroxylation is 1. The molecule has 7 rings (SSSR count). The third kappa shape index (κ3) is 5.54. The Kier molecular flexibility index (Phi) is 8.60. The molecule has 0 saturated heterocycles. The van der Waals surface area contributed by atoms with Crippen LogP contribution < -0.4 is 4.57 Å². The van der Waals surface area contributed by atoms with E-state index in [1.54, 1.807) is 6.20 Å². The zero-order valence-corrected chi connectivity index (χ0v) is 29.0. The van der Waals surface area contributed by atoms with Gasteiger partial charge in [-0.1, -0.05) is 108 Å². The van der Waals surface area contributed by atoms with Crippen molar-refractivity contribution in [3.8, 4) is 16.9 Å². The van der Waals surface area contributed by atoms with Gasteiger partial charge >= 0.3 is 20.1 Å². The zero-order chi connectivity index (χ0) is 29.7. The summed E-state index contributed by atoms with van der Waals surface area (Å²) in [5.74, 6) is 0. The van der Waals surface area contributed by atoms with E-state index in [1.807, 2.05) is 42.5 Å². The Morgan fingerprint density at radius 2 is 1.63 bits per heavy atom. The van der Waals surface area contributed by atoms with Crippen molar-refractivity contribution in [1.29, 1.82) is 0 Å². The second-order valence-corrected chi connectivity index (χ2v) is 13.8. The quantitative estimate of drug-likeness (QED) is 0.133. The number of hydrogen-bond acceptors (Lipinski definition) is 1. The SMILES string of the molecule is CCCCn1[c-][n+]2c3c(cccc31)C(C)(C)c1cc3c([c-]c1-2)C(C)(C)CCC3(C)C.[Ir+3].[c-]1ccccc1-c1ccccn1. The predicted octanol–water partition coefficient (Wildman–Crippen LogP) is 8.85. The summed E-state index contributed by atoms with van der Waals surface area (Å²) in [6.45, 7) is 17.6. The van der Waals surface area contributed by atoms with Gasteiger partial charge in [0.05, 0.1) is 17.6 Å². The predicted molar refractivity (Wildman–Crippen MR) is 172 cm³/mol. The summed E-state index contributed by atoms with van der Waals surface area (Å²) >= 11 is 0. The van der Waals surface area contributed by atoms with E-state index in [0.717, 1.165) is 17.8 Å². The summed E-state index contributed by atoms with van der Waals surface area (Å²) < 4.78 is 4.65. The minimum absolute atomic E-state index is 0. The number of imidazole rings is 1. The van der Waals surface area contributed by atoms with Crippen LogP contribution in [0.15, 0.2) is 72.9 Å². The van der Waals surface area contributed by atoms with Crippen molar-refractivity contribution in [3.63, 3.8) is 0 Å². The molecule has 3 heterocycles. The number of aromatic nitrogens is 3. The van der Waals surface area contributed by atoms with E-state index in [9.17, 15) is 0 Å². The Labute approximate surface area is 271 Å². The molecule has 2 aliphatic rings. The van der Waals surface area contributed by atoms with Crippen molar-refractivity contribution in [1.82, 2.24) is 9.55 Å². The molecule has 0 spiro atoms. The second kappa shape index (κ2) is 11.8. The molecule has 2 aromatic heterocycles. The first-order valence-corrected chi connectivity index (χ1v) is 15.5. The van der Waals surface area contributed by atoms with E-state index < -0.39 is 0 Å². The van der Waals surface area contributed by atoms with Gasteiger partial charge < -0.3 is 14.1 Å². The van der Waals surface area contributed by atoms with Crippen LogP contribution in [0.25, 0.3) is 28.0 Å². The second-order valence-electron chi connectivity index (χ2n) is 13.8. The minimum atomic E-state index is -0.0528. The van der Waals surface area contributed by atoms with Crippen LogP contribution in [0.1, 0.15) is 96.4 Å². The van der Waals surface area contributed by atoms with Crippen LogP contribution in [0.2, 0.25) is 0 Å². The molecule has 0 amide bonds. The van der Waals surface area contributed by atoms with E-state index >= 15 is 0 Å². The molecule has 0 saturated carbocycles. The molecule has 0 unspecified atom stereocenters. The summed E-state index contributed by atoms with van der Waals surface area (Å²) in [7, 11) is 0. The van der Waals surface area contributed by atoms with E-state index in [2.05, 4.69) is 105 Å². The maximum Gasteiger partial charge on any atom is 3.00 e. The van der Waals surface area contributed by atoms with E-state index in [-0.39, 0.29) is 36.4 Å². The molecule has 0 atom stereocenters. The van der Waals surface area contributed by atoms with Gasteiger partial charge in [-0.25, -0.2) is 0 Å². The molecule has 0 N–H and O–H groups in total. The fourth-order valence-corrected chi connectivity index (χ4v) is 6.72. The fourth-order valence-electron chi connectivity index (χ4n) is 6.72. The number of rotatable bonds is 4. The van der Waals surface area contributed by atoms with Crippen LogP contribution >= 0.6 is 0 Å². The van der Waals surface area contributed by atoms with Crippen molar-refractivity contribution in [2.75, 3.05) is 0 Å². The Morgan fingerprint density at radius 1 is 0.860 bits per heavy atom. The summed E-state index contributed by atoms with van der Waals surface area (Å²) in [4.78, 5) is 4.22. The topological polar surface area (TPSA) is 21.7 Å². The number of fused-ring (bicyclic) bond motifs is 3. The van der Waals surface area contributed by atoms with E-state index in [1.165, 1.54) is 64.7 Å². The largest absolute Gasteiger partial charge is 3.00 e. The van der Waals surface area contributed by atoms with Crippen molar-refractivity contribution in [2.24, 2.45) is 0 Å². The van der Waals surface area contributed by atoms with Crippen molar-refractivity contribution < 1.29 is 24.7 Å². The third-order valence-corrected chi connectivity index (χ3v) is 9.54. The standard InChI is InChI=1S/C28H35N2.C11H8N.Ir/c1-8-9-15-29-18-30-24-17-21-20(26(2,3)13-14-27(21,4)5)16-22(24)28(6,7)19-11-10-12-23(29)25(19)30;1-2-6-10(7-3-1)11-8-4-5-9-12-11;/h10-12,16H,8-9,13-15H2,1-7H3;1-6,8-9H;/q2*-1;+3. The van der Waals surface area contributed by atoms with Gasteiger partial charge in [0.15, 0.2) is 0 Å². The first-order chi connectivity index (χ1) is 20.0. The van der Waals surface area contributed by atoms with Crippen LogP contribution in [0.4, 0.5) is 0 Å². The number of hydrogen-bond donors (Lipinski definition) is 0. The van der Waals surface area contributed by atoms with Gasteiger partial charge in [-0.05, 0) is 35.4 Å². The smallest absolute Gasteiger partial charge is 0.341 e. The van der Waals surface area contributed by atoms with Crippen LogP contribution in [0, 0.1) is 18.5 Å². The maximum absolute atomic E-state index is 4.22. The fraction of sp³-hybridized carbons (Fsp3) is 0.385. The number of para-hydroxylation sites is 1. The molecular formula is C39H43IrN3+. The van der Waals surface area contributed by atoms with Crippen molar-refractivity contribution in [2.45, 2.75) is 96.9 Å². The molecule has 5 aromatic rings. The maximum atomic E-state index is 4.22. The summed E-state index contributed by atoms with van der Waals surface area (Å²) in [5.41, 5.74) is 11.8. The Hall–Kier alpha value is -3.07. The molecule has 3 aromatic carbocycles. The van der Waals surface area contributed by atoms with Gasteiger partial charge in [-0.3, -0.25) is 0 Å². The molecule has 1 aliphatic heterocycles. The van der Waals surface area contributed by atoms with E-state index in [0.29, 0.717) is 0 Å². The van der Waals surface area contributed by atoms with Crippen LogP contribution in [-0.2, 0) is 42.9 Å². The molecule has 3 nitrogen and oxygen atoms in total. The third-order valence-electron chi connectivity index (χ3n) is 9.54. The molecule has 1 aliphatic carbocycles. The summed E-state index contributed by atoms with van der Waals surface area (Å²) in [6.07, 6.45) is 10.3. The molecule has 0 radical (unpaired) electrons. The van der Waals surface area contributed by atoms with E-state index in [4.69, 9.17) is 0 Å². The number of unbranched alkanes of at least 4 members (excludes halogenated alkanes) is 1. The van der Waals surface area contributed by atoms with Crippen molar-refractivity contribution in [3.05, 3.63) is 114 Å². The average Bonchev–Trinajstić information content (AvgIpc) is 3.37. The monoisotopic (exact) mass is 746 g/mol. The molecule has 0 fully saturated rings.